The summed E-state index contributed by atoms with van der Waals surface area (Å²) in [5, 5.41) is 2.68. The van der Waals surface area contributed by atoms with E-state index in [-0.39, 0.29) is 28.6 Å². The molecule has 2 aromatic carbocycles. The lowest BCUT2D eigenvalue weighted by molar-refractivity contribution is -0.116. The summed E-state index contributed by atoms with van der Waals surface area (Å²) in [4.78, 5) is 24.6. The number of ether oxygens (including phenoxy) is 1. The van der Waals surface area contributed by atoms with E-state index in [9.17, 15) is 22.4 Å². The molecule has 0 aliphatic rings. The number of esters is 1. The highest BCUT2D eigenvalue weighted by molar-refractivity contribution is 7.92. The van der Waals surface area contributed by atoms with Gasteiger partial charge in [-0.2, -0.15) is 0 Å². The minimum absolute atomic E-state index is 0.0125. The van der Waals surface area contributed by atoms with E-state index in [0.717, 1.165) is 16.6 Å². The maximum absolute atomic E-state index is 13.6. The molecule has 0 radical (unpaired) electrons. The third-order valence-corrected chi connectivity index (χ3v) is 5.45. The van der Waals surface area contributed by atoms with E-state index < -0.39 is 33.8 Å². The molecule has 0 fully saturated rings. The normalized spacial score (nSPS) is 12.2. The van der Waals surface area contributed by atoms with Crippen molar-refractivity contribution in [3.8, 4) is 0 Å². The van der Waals surface area contributed by atoms with Crippen molar-refractivity contribution in [2.24, 2.45) is 0 Å². The lowest BCUT2D eigenvalue weighted by atomic mass is 10.2. The van der Waals surface area contributed by atoms with Gasteiger partial charge in [0, 0.05) is 5.69 Å². The van der Waals surface area contributed by atoms with Gasteiger partial charge < -0.3 is 10.1 Å². The van der Waals surface area contributed by atoms with Crippen LogP contribution < -0.4 is 9.62 Å². The zero-order chi connectivity index (χ0) is 21.8. The minimum atomic E-state index is -3.90. The first-order chi connectivity index (χ1) is 13.5. The van der Waals surface area contributed by atoms with Crippen molar-refractivity contribution in [1.29, 1.82) is 0 Å². The van der Waals surface area contributed by atoms with Crippen LogP contribution in [0.1, 0.15) is 24.2 Å². The molecule has 0 bridgehead atoms. The number of anilines is 2. The van der Waals surface area contributed by atoms with Crippen LogP contribution in [-0.2, 0) is 19.6 Å². The van der Waals surface area contributed by atoms with Crippen molar-refractivity contribution in [1.82, 2.24) is 0 Å². The van der Waals surface area contributed by atoms with Crippen LogP contribution in [0.3, 0.4) is 0 Å². The Balaban J connectivity index is 2.31. The monoisotopic (exact) mass is 442 g/mol. The molecular weight excluding hydrogens is 423 g/mol. The number of carbonyl (C=O) groups is 2. The molecule has 1 atom stereocenters. The zero-order valence-corrected chi connectivity index (χ0v) is 17.6. The van der Waals surface area contributed by atoms with Crippen molar-refractivity contribution in [2.75, 3.05) is 22.5 Å². The van der Waals surface area contributed by atoms with Crippen LogP contribution in [-0.4, -0.2) is 39.2 Å². The van der Waals surface area contributed by atoms with Gasteiger partial charge in [0.1, 0.15) is 11.9 Å². The summed E-state index contributed by atoms with van der Waals surface area (Å²) in [6, 6.07) is 7.92. The fraction of sp³-hybridized carbons (Fsp3) is 0.263. The molecule has 0 saturated heterocycles. The topological polar surface area (TPSA) is 92.8 Å². The van der Waals surface area contributed by atoms with Crippen LogP contribution in [0.4, 0.5) is 15.8 Å². The van der Waals surface area contributed by atoms with E-state index in [1.165, 1.54) is 43.3 Å². The number of sulfonamides is 1. The van der Waals surface area contributed by atoms with Crippen LogP contribution in [0.25, 0.3) is 0 Å². The first-order valence-corrected chi connectivity index (χ1v) is 10.8. The van der Waals surface area contributed by atoms with Crippen LogP contribution in [0.15, 0.2) is 42.5 Å². The van der Waals surface area contributed by atoms with Crippen molar-refractivity contribution >= 4 is 44.9 Å². The van der Waals surface area contributed by atoms with Crippen LogP contribution in [0, 0.1) is 5.82 Å². The molecule has 2 aromatic rings. The van der Waals surface area contributed by atoms with E-state index in [2.05, 4.69) is 5.32 Å². The molecular formula is C19H20ClFN2O5S. The fourth-order valence-electron chi connectivity index (χ4n) is 2.64. The Morgan fingerprint density at radius 3 is 2.52 bits per heavy atom. The second-order valence-electron chi connectivity index (χ2n) is 6.12. The quantitative estimate of drug-likeness (QED) is 0.663. The van der Waals surface area contributed by atoms with E-state index >= 15 is 0 Å². The van der Waals surface area contributed by atoms with Crippen molar-refractivity contribution in [3.63, 3.8) is 0 Å². The molecule has 0 unspecified atom stereocenters. The summed E-state index contributed by atoms with van der Waals surface area (Å²) in [7, 11) is -3.90. The maximum Gasteiger partial charge on any atom is 0.339 e. The summed E-state index contributed by atoms with van der Waals surface area (Å²) in [6.45, 7) is 3.16. The van der Waals surface area contributed by atoms with Gasteiger partial charge >= 0.3 is 5.97 Å². The van der Waals surface area contributed by atoms with Crippen molar-refractivity contribution in [2.45, 2.75) is 19.9 Å². The first-order valence-electron chi connectivity index (χ1n) is 8.57. The second-order valence-corrected chi connectivity index (χ2v) is 8.39. The number of nitrogens with zero attached hydrogens (tertiary/aromatic N) is 1. The molecule has 156 valence electrons. The largest absolute Gasteiger partial charge is 0.462 e. The number of amides is 1. The highest BCUT2D eigenvalue weighted by atomic mass is 35.5. The summed E-state index contributed by atoms with van der Waals surface area (Å²) >= 11 is 5.99. The average Bonchev–Trinajstić information content (AvgIpc) is 2.62. The molecule has 0 heterocycles. The zero-order valence-electron chi connectivity index (χ0n) is 16.0. The predicted molar refractivity (Wildman–Crippen MR) is 109 cm³/mol. The highest BCUT2D eigenvalue weighted by Gasteiger charge is 2.29. The second kappa shape index (κ2) is 9.23. The Morgan fingerprint density at radius 2 is 1.93 bits per heavy atom. The summed E-state index contributed by atoms with van der Waals surface area (Å²) in [6.07, 6.45) is 0.919. The Hall–Kier alpha value is -2.65. The van der Waals surface area contributed by atoms with E-state index in [0.29, 0.717) is 0 Å². The average molecular weight is 443 g/mol. The van der Waals surface area contributed by atoms with Gasteiger partial charge in [-0.1, -0.05) is 17.7 Å². The molecule has 0 aromatic heterocycles. The lowest BCUT2D eigenvalue weighted by Crippen LogP contribution is -2.45. The van der Waals surface area contributed by atoms with Crippen LogP contribution in [0.2, 0.25) is 5.02 Å². The van der Waals surface area contributed by atoms with Gasteiger partial charge in [0.15, 0.2) is 0 Å². The van der Waals surface area contributed by atoms with Crippen molar-refractivity contribution < 1.29 is 27.1 Å². The maximum atomic E-state index is 13.6. The Kier molecular flexibility index (Phi) is 7.21. The number of benzene rings is 2. The molecule has 1 amide bonds. The van der Waals surface area contributed by atoms with Crippen molar-refractivity contribution in [3.05, 3.63) is 58.9 Å². The van der Waals surface area contributed by atoms with E-state index in [4.69, 9.17) is 16.3 Å². The molecule has 0 spiro atoms. The number of halogens is 2. The first kappa shape index (κ1) is 22.6. The Labute approximate surface area is 173 Å². The predicted octanol–water partition coefficient (Wildman–Crippen LogP) is 3.45. The smallest absolute Gasteiger partial charge is 0.339 e. The third kappa shape index (κ3) is 5.68. The van der Waals surface area contributed by atoms with Gasteiger partial charge in [-0.05, 0) is 50.2 Å². The van der Waals surface area contributed by atoms with E-state index in [1.54, 1.807) is 6.92 Å². The lowest BCUT2D eigenvalue weighted by Gasteiger charge is -2.28. The molecule has 10 heteroatoms. The molecule has 2 rings (SSSR count). The third-order valence-electron chi connectivity index (χ3n) is 3.88. The van der Waals surface area contributed by atoms with E-state index in [1.807, 2.05) is 0 Å². The molecule has 1 N–H and O–H groups in total. The Morgan fingerprint density at radius 1 is 1.24 bits per heavy atom. The fourth-order valence-corrected chi connectivity index (χ4v) is 4.00. The summed E-state index contributed by atoms with van der Waals surface area (Å²) < 4.78 is 43.8. The number of carbonyl (C=O) groups excluding carboxylic acids is 2. The SMILES string of the molecule is CCOC(=O)c1cc(NC(=O)[C@@H](C)N(c2cccc(F)c2)S(C)(=O)=O)ccc1Cl. The number of nitrogens with one attached hydrogen (secondary N) is 1. The van der Waals surface area contributed by atoms with Gasteiger partial charge in [0.05, 0.1) is 29.1 Å². The van der Waals surface area contributed by atoms with Crippen LogP contribution >= 0.6 is 11.6 Å². The van der Waals surface area contributed by atoms with Gasteiger partial charge in [-0.3, -0.25) is 9.10 Å². The molecule has 7 nitrogen and oxygen atoms in total. The number of hydrogen-bond donors (Lipinski definition) is 1. The molecule has 0 aliphatic carbocycles. The van der Waals surface area contributed by atoms with Gasteiger partial charge in [-0.15, -0.1) is 0 Å². The standard InChI is InChI=1S/C19H20ClFN2O5S/c1-4-28-19(25)16-11-14(8-9-17(16)20)22-18(24)12(2)23(29(3,26)27)15-7-5-6-13(21)10-15/h5-12H,4H2,1-3H3,(H,22,24)/t12-/m1/s1. The highest BCUT2D eigenvalue weighted by Crippen LogP contribution is 2.24. The molecule has 0 saturated carbocycles. The Bertz CT molecular complexity index is 1030. The molecule has 0 aliphatic heterocycles. The minimum Gasteiger partial charge on any atom is -0.462 e. The summed E-state index contributed by atoms with van der Waals surface area (Å²) in [5.74, 6) is -1.98. The number of hydrogen-bond acceptors (Lipinski definition) is 5. The van der Waals surface area contributed by atoms with Gasteiger partial charge in [-0.25, -0.2) is 17.6 Å². The number of rotatable bonds is 7. The van der Waals surface area contributed by atoms with Gasteiger partial charge in [0.25, 0.3) is 0 Å². The summed E-state index contributed by atoms with van der Waals surface area (Å²) in [5.41, 5.74) is 0.296. The van der Waals surface area contributed by atoms with Crippen LogP contribution in [0.5, 0.6) is 0 Å². The van der Waals surface area contributed by atoms with Gasteiger partial charge in [0.2, 0.25) is 15.9 Å². The molecule has 29 heavy (non-hydrogen) atoms.